The smallest absolute Gasteiger partial charge is 0.261 e. The summed E-state index contributed by atoms with van der Waals surface area (Å²) in [6, 6.07) is 10.8. The third-order valence-electron chi connectivity index (χ3n) is 7.16. The Morgan fingerprint density at radius 2 is 1.89 bits per heavy atom. The number of nitrogens with zero attached hydrogens (tertiary/aromatic N) is 3. The summed E-state index contributed by atoms with van der Waals surface area (Å²) in [6.45, 7) is 1.91. The van der Waals surface area contributed by atoms with Crippen LogP contribution >= 0.6 is 0 Å². The van der Waals surface area contributed by atoms with Crippen molar-refractivity contribution in [2.75, 3.05) is 20.4 Å². The second kappa shape index (κ2) is 9.74. The van der Waals surface area contributed by atoms with Crippen molar-refractivity contribution in [2.24, 2.45) is 0 Å². The molecular weight excluding hydrogens is 483 g/mol. The fourth-order valence-electron chi connectivity index (χ4n) is 4.33. The molecule has 36 heavy (non-hydrogen) atoms. The van der Waals surface area contributed by atoms with E-state index in [4.69, 9.17) is 0 Å². The van der Waals surface area contributed by atoms with Crippen LogP contribution in [0.15, 0.2) is 47.5 Å². The number of sulfone groups is 1. The highest BCUT2D eigenvalue weighted by molar-refractivity contribution is 7.92. The number of fused-ring (bicyclic) bond motifs is 1. The number of aryl methyl sites for hydroxylation is 1. The second-order valence-electron chi connectivity index (χ2n) is 9.76. The van der Waals surface area contributed by atoms with Crippen molar-refractivity contribution in [3.05, 3.63) is 64.5 Å². The van der Waals surface area contributed by atoms with Crippen LogP contribution in [0.2, 0.25) is 0 Å². The minimum absolute atomic E-state index is 0.00247. The predicted octanol–water partition coefficient (Wildman–Crippen LogP) is 2.74. The van der Waals surface area contributed by atoms with Crippen molar-refractivity contribution >= 4 is 26.6 Å². The van der Waals surface area contributed by atoms with E-state index in [1.165, 1.54) is 30.9 Å². The van der Waals surface area contributed by atoms with Gasteiger partial charge in [-0.15, -0.1) is 0 Å². The molecule has 0 radical (unpaired) electrons. The molecule has 0 spiro atoms. The van der Waals surface area contributed by atoms with Crippen molar-refractivity contribution in [3.63, 3.8) is 0 Å². The van der Waals surface area contributed by atoms with Crippen LogP contribution in [0.4, 0.5) is 4.39 Å². The van der Waals surface area contributed by atoms with Gasteiger partial charge in [0.1, 0.15) is 10.6 Å². The Hall–Kier alpha value is -3.11. The van der Waals surface area contributed by atoms with Gasteiger partial charge in [0.2, 0.25) is 5.91 Å². The SMILES string of the molecule is CNC(=O)[C@@](C)(CCn1cnc2cc(-c3ccc(CN(C)C4CC4)c(F)c3)ccc2c1=O)S(C)(=O)=O. The van der Waals surface area contributed by atoms with E-state index in [1.54, 1.807) is 24.3 Å². The Morgan fingerprint density at radius 3 is 2.50 bits per heavy atom. The molecule has 1 aliphatic rings. The number of benzene rings is 2. The van der Waals surface area contributed by atoms with Crippen LogP contribution < -0.4 is 10.9 Å². The molecule has 3 aromatic rings. The number of halogens is 1. The topological polar surface area (TPSA) is 101 Å². The van der Waals surface area contributed by atoms with E-state index in [1.807, 2.05) is 13.1 Å². The Kier molecular flexibility index (Phi) is 7.03. The van der Waals surface area contributed by atoms with Gasteiger partial charge in [0.05, 0.1) is 17.2 Å². The summed E-state index contributed by atoms with van der Waals surface area (Å²) in [5.74, 6) is -0.901. The fourth-order valence-corrected chi connectivity index (χ4v) is 5.23. The van der Waals surface area contributed by atoms with Crippen molar-refractivity contribution in [1.29, 1.82) is 0 Å². The highest BCUT2D eigenvalue weighted by Gasteiger charge is 2.42. The quantitative estimate of drug-likeness (QED) is 0.471. The van der Waals surface area contributed by atoms with E-state index in [2.05, 4.69) is 15.2 Å². The summed E-state index contributed by atoms with van der Waals surface area (Å²) >= 11 is 0. The van der Waals surface area contributed by atoms with Gasteiger partial charge in [-0.2, -0.15) is 0 Å². The molecule has 0 aliphatic heterocycles. The van der Waals surface area contributed by atoms with Gasteiger partial charge in [0.25, 0.3) is 5.56 Å². The Bertz CT molecular complexity index is 1480. The van der Waals surface area contributed by atoms with Crippen molar-refractivity contribution in [3.8, 4) is 11.1 Å². The van der Waals surface area contributed by atoms with Gasteiger partial charge < -0.3 is 5.32 Å². The molecule has 1 aromatic heterocycles. The Morgan fingerprint density at radius 1 is 1.22 bits per heavy atom. The van der Waals surface area contributed by atoms with Gasteiger partial charge in [-0.25, -0.2) is 17.8 Å². The maximum atomic E-state index is 14.8. The van der Waals surface area contributed by atoms with Crippen molar-refractivity contribution in [1.82, 2.24) is 19.8 Å². The number of hydrogen-bond acceptors (Lipinski definition) is 6. The van der Waals surface area contributed by atoms with E-state index < -0.39 is 20.5 Å². The standard InChI is InChI=1S/C26H31FN4O4S/c1-26(25(33)28-2,36(4,34)35)11-12-31-16-29-23-14-18(7-10-21(23)24(31)32)17-5-6-19(22(27)13-17)15-30(3)20-8-9-20/h5-7,10,13-14,16,20H,8-9,11-12,15H2,1-4H3,(H,28,33)/t26-/m1/s1. The average Bonchev–Trinajstić information content (AvgIpc) is 3.69. The van der Waals surface area contributed by atoms with Crippen molar-refractivity contribution in [2.45, 2.75) is 50.1 Å². The number of hydrogen-bond donors (Lipinski definition) is 1. The van der Waals surface area contributed by atoms with Crippen LogP contribution in [0.3, 0.4) is 0 Å². The first-order valence-electron chi connectivity index (χ1n) is 11.8. The zero-order chi connectivity index (χ0) is 26.3. The molecule has 1 saturated carbocycles. The first-order chi connectivity index (χ1) is 16.9. The molecule has 4 rings (SSSR count). The van der Waals surface area contributed by atoms with Gasteiger partial charge in [-0.3, -0.25) is 19.1 Å². The summed E-state index contributed by atoms with van der Waals surface area (Å²) in [7, 11) is -0.352. The van der Waals surface area contributed by atoms with Gasteiger partial charge in [0.15, 0.2) is 9.84 Å². The summed E-state index contributed by atoms with van der Waals surface area (Å²) in [4.78, 5) is 31.9. The zero-order valence-electron chi connectivity index (χ0n) is 20.9. The van der Waals surface area contributed by atoms with Crippen LogP contribution in [0.1, 0.15) is 31.7 Å². The summed E-state index contributed by atoms with van der Waals surface area (Å²) in [5.41, 5.74) is 2.17. The molecule has 1 amide bonds. The normalized spacial score (nSPS) is 15.7. The van der Waals surface area contributed by atoms with E-state index in [-0.39, 0.29) is 24.3 Å². The molecule has 10 heteroatoms. The minimum Gasteiger partial charge on any atom is -0.358 e. The van der Waals surface area contributed by atoms with Crippen LogP contribution in [0.25, 0.3) is 22.0 Å². The molecule has 192 valence electrons. The van der Waals surface area contributed by atoms with E-state index in [9.17, 15) is 22.4 Å². The average molecular weight is 515 g/mol. The van der Waals surface area contributed by atoms with E-state index >= 15 is 0 Å². The van der Waals surface area contributed by atoms with Crippen LogP contribution in [-0.4, -0.2) is 59.9 Å². The lowest BCUT2D eigenvalue weighted by Crippen LogP contribution is -2.49. The number of carbonyl (C=O) groups is 1. The minimum atomic E-state index is -3.73. The molecule has 2 aromatic carbocycles. The summed E-state index contributed by atoms with van der Waals surface area (Å²) in [6.07, 6.45) is 4.59. The third kappa shape index (κ3) is 5.05. The maximum absolute atomic E-state index is 14.8. The molecular formula is C26H31FN4O4S. The largest absolute Gasteiger partial charge is 0.358 e. The monoisotopic (exact) mass is 514 g/mol. The fraction of sp³-hybridized carbons (Fsp3) is 0.423. The van der Waals surface area contributed by atoms with E-state index in [0.717, 1.165) is 24.7 Å². The molecule has 0 bridgehead atoms. The maximum Gasteiger partial charge on any atom is 0.261 e. The highest BCUT2D eigenvalue weighted by atomic mass is 32.2. The van der Waals surface area contributed by atoms with Gasteiger partial charge in [-0.1, -0.05) is 18.2 Å². The summed E-state index contributed by atoms with van der Waals surface area (Å²) < 4.78 is 39.0. The van der Waals surface area contributed by atoms with Crippen LogP contribution in [0.5, 0.6) is 0 Å². The first-order valence-corrected chi connectivity index (χ1v) is 13.7. The highest BCUT2D eigenvalue weighted by Crippen LogP contribution is 2.29. The number of nitrogens with one attached hydrogen (secondary N) is 1. The van der Waals surface area contributed by atoms with Crippen molar-refractivity contribution < 1.29 is 17.6 Å². The van der Waals surface area contributed by atoms with Gasteiger partial charge in [-0.05, 0) is 62.6 Å². The zero-order valence-corrected chi connectivity index (χ0v) is 21.7. The van der Waals surface area contributed by atoms with Crippen LogP contribution in [-0.2, 0) is 27.7 Å². The molecule has 1 atom stereocenters. The molecule has 1 N–H and O–H groups in total. The molecule has 0 unspecified atom stereocenters. The number of rotatable bonds is 9. The summed E-state index contributed by atoms with van der Waals surface area (Å²) in [5, 5.41) is 2.74. The van der Waals surface area contributed by atoms with Crippen LogP contribution in [0, 0.1) is 5.82 Å². The third-order valence-corrected chi connectivity index (χ3v) is 9.18. The predicted molar refractivity (Wildman–Crippen MR) is 138 cm³/mol. The molecule has 1 fully saturated rings. The van der Waals surface area contributed by atoms with Gasteiger partial charge >= 0.3 is 0 Å². The first kappa shape index (κ1) is 26.0. The lowest BCUT2D eigenvalue weighted by atomic mass is 10.0. The lowest BCUT2D eigenvalue weighted by Gasteiger charge is -2.25. The lowest BCUT2D eigenvalue weighted by molar-refractivity contribution is -0.123. The molecule has 1 heterocycles. The molecule has 0 saturated heterocycles. The molecule has 8 nitrogen and oxygen atoms in total. The number of aromatic nitrogens is 2. The second-order valence-corrected chi connectivity index (χ2v) is 12.2. The van der Waals surface area contributed by atoms with E-state index in [0.29, 0.717) is 34.6 Å². The number of amides is 1. The molecule has 1 aliphatic carbocycles. The number of carbonyl (C=O) groups excluding carboxylic acids is 1. The Labute approximate surface area is 210 Å². The Balaban J connectivity index is 1.58. The van der Waals surface area contributed by atoms with Gasteiger partial charge in [0, 0.05) is 38.0 Å².